The molecule has 6 heteroatoms. The minimum atomic E-state index is 0.109. The van der Waals surface area contributed by atoms with Crippen LogP contribution in [0.4, 0.5) is 0 Å². The molecule has 0 radical (unpaired) electrons. The summed E-state index contributed by atoms with van der Waals surface area (Å²) in [5.41, 5.74) is 2.35. The van der Waals surface area contributed by atoms with Gasteiger partial charge < -0.3 is 14.4 Å². The largest absolute Gasteiger partial charge is 0.454 e. The first-order valence-electron chi connectivity index (χ1n) is 8.18. The van der Waals surface area contributed by atoms with E-state index >= 15 is 0 Å². The molecule has 0 aliphatic carbocycles. The van der Waals surface area contributed by atoms with E-state index in [1.165, 1.54) is 10.5 Å². The van der Waals surface area contributed by atoms with Crippen LogP contribution in [0.15, 0.2) is 47.4 Å². The van der Waals surface area contributed by atoms with Crippen LogP contribution in [0.5, 0.6) is 11.5 Å². The Hall–Kier alpha value is -1.79. The molecule has 0 N–H and O–H groups in total. The Balaban J connectivity index is 1.46. The summed E-state index contributed by atoms with van der Waals surface area (Å²) in [6.07, 6.45) is 2.88. The van der Waals surface area contributed by atoms with Gasteiger partial charge >= 0.3 is 0 Å². The lowest BCUT2D eigenvalue weighted by Gasteiger charge is -2.24. The Labute approximate surface area is 155 Å². The summed E-state index contributed by atoms with van der Waals surface area (Å²) in [6.45, 7) is 0.995. The Morgan fingerprint density at radius 2 is 1.96 bits per heavy atom. The highest BCUT2D eigenvalue weighted by molar-refractivity contribution is 8.00. The number of thioether (sulfide) groups is 2. The molecule has 2 aliphatic rings. The second-order valence-electron chi connectivity index (χ2n) is 5.96. The van der Waals surface area contributed by atoms with Gasteiger partial charge in [-0.05, 0) is 48.1 Å². The van der Waals surface area contributed by atoms with Crippen LogP contribution in [0.2, 0.25) is 0 Å². The maximum absolute atomic E-state index is 12.3. The van der Waals surface area contributed by atoms with Gasteiger partial charge in [-0.3, -0.25) is 4.79 Å². The number of hydrogen-bond acceptors (Lipinski definition) is 5. The monoisotopic (exact) mass is 373 g/mol. The predicted molar refractivity (Wildman–Crippen MR) is 101 cm³/mol. The van der Waals surface area contributed by atoms with E-state index in [0.29, 0.717) is 12.3 Å². The van der Waals surface area contributed by atoms with Gasteiger partial charge in [0.1, 0.15) is 5.37 Å². The minimum Gasteiger partial charge on any atom is -0.454 e. The van der Waals surface area contributed by atoms with E-state index in [1.54, 1.807) is 23.5 Å². The molecule has 1 unspecified atom stereocenters. The van der Waals surface area contributed by atoms with Gasteiger partial charge in [0.15, 0.2) is 11.5 Å². The molecule has 1 saturated heterocycles. The van der Waals surface area contributed by atoms with Crippen molar-refractivity contribution in [3.05, 3.63) is 53.6 Å². The third-order valence-corrected chi connectivity index (χ3v) is 6.45. The van der Waals surface area contributed by atoms with Crippen molar-refractivity contribution < 1.29 is 14.3 Å². The van der Waals surface area contributed by atoms with Crippen molar-refractivity contribution in [1.29, 1.82) is 0 Å². The van der Waals surface area contributed by atoms with Crippen LogP contribution in [0, 0.1) is 0 Å². The van der Waals surface area contributed by atoms with Crippen LogP contribution in [-0.2, 0) is 11.2 Å². The van der Waals surface area contributed by atoms with Gasteiger partial charge in [0.05, 0.1) is 5.75 Å². The van der Waals surface area contributed by atoms with Gasteiger partial charge in [-0.1, -0.05) is 18.2 Å². The minimum absolute atomic E-state index is 0.109. The van der Waals surface area contributed by atoms with Crippen molar-refractivity contribution in [2.45, 2.75) is 16.7 Å². The molecule has 1 fully saturated rings. The third kappa shape index (κ3) is 3.46. The molecule has 2 heterocycles. The van der Waals surface area contributed by atoms with E-state index in [2.05, 4.69) is 30.5 Å². The number of carbonyl (C=O) groups is 1. The van der Waals surface area contributed by atoms with Crippen LogP contribution >= 0.6 is 23.5 Å². The van der Waals surface area contributed by atoms with E-state index in [-0.39, 0.29) is 18.1 Å². The number of nitrogens with zero attached hydrogens (tertiary/aromatic N) is 1. The van der Waals surface area contributed by atoms with Crippen molar-refractivity contribution in [2.75, 3.05) is 25.3 Å². The average molecular weight is 373 g/mol. The van der Waals surface area contributed by atoms with E-state index < -0.39 is 0 Å². The number of benzene rings is 2. The van der Waals surface area contributed by atoms with Crippen LogP contribution < -0.4 is 9.47 Å². The Morgan fingerprint density at radius 1 is 1.16 bits per heavy atom. The van der Waals surface area contributed by atoms with Gasteiger partial charge in [-0.15, -0.1) is 23.5 Å². The number of ether oxygens (including phenoxy) is 2. The first-order chi connectivity index (χ1) is 12.2. The molecule has 0 aromatic heterocycles. The first kappa shape index (κ1) is 16.7. The highest BCUT2D eigenvalue weighted by Crippen LogP contribution is 2.39. The molecule has 4 nitrogen and oxygen atoms in total. The fourth-order valence-corrected chi connectivity index (χ4v) is 4.71. The number of carbonyl (C=O) groups excluding carboxylic acids is 1. The normalized spacial score (nSPS) is 18.8. The number of rotatable bonds is 5. The van der Waals surface area contributed by atoms with Crippen molar-refractivity contribution in [3.63, 3.8) is 0 Å². The molecule has 2 aliphatic heterocycles. The van der Waals surface area contributed by atoms with E-state index in [4.69, 9.17) is 9.47 Å². The zero-order chi connectivity index (χ0) is 17.2. The summed E-state index contributed by atoms with van der Waals surface area (Å²) in [5.74, 6) is 2.35. The summed E-state index contributed by atoms with van der Waals surface area (Å²) >= 11 is 3.43. The third-order valence-electron chi connectivity index (χ3n) is 4.45. The highest BCUT2D eigenvalue weighted by Gasteiger charge is 2.32. The molecule has 130 valence electrons. The van der Waals surface area contributed by atoms with Gasteiger partial charge in [-0.25, -0.2) is 0 Å². The number of fused-ring (bicyclic) bond motifs is 1. The fraction of sp³-hybridized carbons (Fsp3) is 0.316. The average Bonchev–Trinajstić information content (AvgIpc) is 3.26. The number of hydrogen-bond donors (Lipinski definition) is 0. The lowest BCUT2D eigenvalue weighted by molar-refractivity contribution is -0.128. The zero-order valence-corrected chi connectivity index (χ0v) is 15.6. The first-order valence-corrected chi connectivity index (χ1v) is 10.5. The molecule has 0 bridgehead atoms. The number of amides is 1. The quantitative estimate of drug-likeness (QED) is 0.742. The van der Waals surface area contributed by atoms with Crippen LogP contribution in [-0.4, -0.2) is 36.2 Å². The van der Waals surface area contributed by atoms with E-state index in [9.17, 15) is 4.79 Å². The molecule has 2 aromatic carbocycles. The van der Waals surface area contributed by atoms with Gasteiger partial charge in [0, 0.05) is 11.4 Å². The van der Waals surface area contributed by atoms with Gasteiger partial charge in [-0.2, -0.15) is 0 Å². The van der Waals surface area contributed by atoms with E-state index in [0.717, 1.165) is 23.5 Å². The molecular formula is C19H19NO3S2. The second kappa shape index (κ2) is 7.22. The molecule has 1 atom stereocenters. The zero-order valence-electron chi connectivity index (χ0n) is 13.9. The lowest BCUT2D eigenvalue weighted by Crippen LogP contribution is -2.30. The SMILES string of the molecule is CSc1ccc(C2SCC(=O)N2CCc2ccc3c(c2)OCO3)cc1. The van der Waals surface area contributed by atoms with Gasteiger partial charge in [0.2, 0.25) is 12.7 Å². The van der Waals surface area contributed by atoms with Crippen LogP contribution in [0.1, 0.15) is 16.5 Å². The van der Waals surface area contributed by atoms with Crippen LogP contribution in [0.3, 0.4) is 0 Å². The standard InChI is InChI=1S/C19H19NO3S2/c1-24-15-5-3-14(4-6-15)19-20(18(21)11-25-19)9-8-13-2-7-16-17(10-13)23-12-22-16/h2-7,10,19H,8-9,11-12H2,1H3. The lowest BCUT2D eigenvalue weighted by atomic mass is 10.1. The Bertz CT molecular complexity index is 779. The molecule has 0 saturated carbocycles. The maximum atomic E-state index is 12.3. The topological polar surface area (TPSA) is 38.8 Å². The van der Waals surface area contributed by atoms with Gasteiger partial charge in [0.25, 0.3) is 0 Å². The Morgan fingerprint density at radius 3 is 2.76 bits per heavy atom. The maximum Gasteiger partial charge on any atom is 0.233 e. The van der Waals surface area contributed by atoms with Crippen molar-refractivity contribution in [3.8, 4) is 11.5 Å². The molecular weight excluding hydrogens is 354 g/mol. The second-order valence-corrected chi connectivity index (χ2v) is 7.91. The summed E-state index contributed by atoms with van der Waals surface area (Å²) in [6, 6.07) is 14.5. The smallest absolute Gasteiger partial charge is 0.233 e. The van der Waals surface area contributed by atoms with Crippen molar-refractivity contribution in [2.24, 2.45) is 0 Å². The molecule has 0 spiro atoms. The summed E-state index contributed by atoms with van der Waals surface area (Å²) in [4.78, 5) is 15.6. The highest BCUT2D eigenvalue weighted by atomic mass is 32.2. The van der Waals surface area contributed by atoms with E-state index in [1.807, 2.05) is 23.1 Å². The Kier molecular flexibility index (Phi) is 4.81. The molecule has 4 rings (SSSR count). The van der Waals surface area contributed by atoms with Crippen LogP contribution in [0.25, 0.3) is 0 Å². The predicted octanol–water partition coefficient (Wildman–Crippen LogP) is 3.95. The molecule has 25 heavy (non-hydrogen) atoms. The fourth-order valence-electron chi connectivity index (χ4n) is 3.09. The summed E-state index contributed by atoms with van der Waals surface area (Å²) in [5, 5.41) is 0.109. The summed E-state index contributed by atoms with van der Waals surface area (Å²) < 4.78 is 10.8. The molecule has 2 aromatic rings. The molecule has 1 amide bonds. The van der Waals surface area contributed by atoms with Crippen molar-refractivity contribution in [1.82, 2.24) is 4.90 Å². The summed E-state index contributed by atoms with van der Waals surface area (Å²) in [7, 11) is 0. The van der Waals surface area contributed by atoms with Crippen molar-refractivity contribution >= 4 is 29.4 Å².